The normalized spacial score (nSPS) is 22.6. The van der Waals surface area contributed by atoms with Crippen molar-refractivity contribution in [2.24, 2.45) is 5.92 Å². The van der Waals surface area contributed by atoms with Crippen molar-refractivity contribution in [2.75, 3.05) is 13.1 Å². The van der Waals surface area contributed by atoms with Crippen molar-refractivity contribution in [1.82, 2.24) is 4.31 Å². The maximum absolute atomic E-state index is 12.4. The zero-order chi connectivity index (χ0) is 14.2. The Hall–Kier alpha value is -0.140. The first kappa shape index (κ1) is 15.3. The van der Waals surface area contributed by atoms with Gasteiger partial charge in [0.05, 0.1) is 16.0 Å². The Labute approximate surface area is 126 Å². The number of hydrogen-bond donors (Lipinski definition) is 1. The van der Waals surface area contributed by atoms with E-state index in [1.54, 1.807) is 13.0 Å². The predicted octanol–water partition coefficient (Wildman–Crippen LogP) is 2.49. The van der Waals surface area contributed by atoms with Crippen LogP contribution in [0, 0.1) is 5.92 Å². The van der Waals surface area contributed by atoms with Crippen LogP contribution in [-0.2, 0) is 10.0 Å². The molecule has 1 saturated heterocycles. The fraction of sp³-hybridized carbons (Fsp3) is 0.500. The van der Waals surface area contributed by atoms with Gasteiger partial charge in [0.15, 0.2) is 0 Å². The first-order valence-corrected chi connectivity index (χ1v) is 8.56. The minimum Gasteiger partial charge on any atom is -0.393 e. The lowest BCUT2D eigenvalue weighted by Gasteiger charge is -2.18. The number of rotatable bonds is 3. The molecule has 1 fully saturated rings. The van der Waals surface area contributed by atoms with Crippen LogP contribution in [0.1, 0.15) is 13.3 Å². The van der Waals surface area contributed by atoms with E-state index in [0.717, 1.165) is 0 Å². The van der Waals surface area contributed by atoms with Crippen LogP contribution in [0.2, 0.25) is 5.02 Å². The van der Waals surface area contributed by atoms with E-state index < -0.39 is 16.1 Å². The molecule has 2 atom stereocenters. The molecule has 106 valence electrons. The first-order chi connectivity index (χ1) is 8.82. The zero-order valence-electron chi connectivity index (χ0n) is 10.4. The van der Waals surface area contributed by atoms with Crippen LogP contribution in [0.3, 0.4) is 0 Å². The Morgan fingerprint density at radius 2 is 2.21 bits per heavy atom. The zero-order valence-corrected chi connectivity index (χ0v) is 13.5. The molecule has 2 unspecified atom stereocenters. The maximum atomic E-state index is 12.4. The second-order valence-corrected chi connectivity index (χ2v) is 7.93. The second-order valence-electron chi connectivity index (χ2n) is 4.73. The number of aliphatic hydroxyl groups is 1. The van der Waals surface area contributed by atoms with Crippen LogP contribution in [0.5, 0.6) is 0 Å². The summed E-state index contributed by atoms with van der Waals surface area (Å²) in [4.78, 5) is 0.218. The van der Waals surface area contributed by atoms with Crippen LogP contribution in [0.4, 0.5) is 0 Å². The summed E-state index contributed by atoms with van der Waals surface area (Å²) in [7, 11) is -3.51. The number of benzene rings is 1. The molecule has 0 radical (unpaired) electrons. The van der Waals surface area contributed by atoms with E-state index in [4.69, 9.17) is 11.6 Å². The van der Waals surface area contributed by atoms with Gasteiger partial charge in [-0.1, -0.05) is 11.6 Å². The standard InChI is InChI=1S/C12H15BrClNO3S/c1-8(16)9-4-5-15(7-9)19(17,18)10-2-3-12(14)11(13)6-10/h2-3,6,8-9,16H,4-5,7H2,1H3. The van der Waals surface area contributed by atoms with E-state index in [9.17, 15) is 13.5 Å². The van der Waals surface area contributed by atoms with E-state index in [1.807, 2.05) is 0 Å². The topological polar surface area (TPSA) is 57.6 Å². The summed E-state index contributed by atoms with van der Waals surface area (Å²) < 4.78 is 26.9. The summed E-state index contributed by atoms with van der Waals surface area (Å²) in [5.41, 5.74) is 0. The third kappa shape index (κ3) is 3.13. The fourth-order valence-electron chi connectivity index (χ4n) is 2.15. The minimum atomic E-state index is -3.51. The highest BCUT2D eigenvalue weighted by Crippen LogP contribution is 2.30. The largest absolute Gasteiger partial charge is 0.393 e. The van der Waals surface area contributed by atoms with E-state index in [-0.39, 0.29) is 10.8 Å². The lowest BCUT2D eigenvalue weighted by molar-refractivity contribution is 0.133. The average Bonchev–Trinajstić information content (AvgIpc) is 2.82. The number of halogens is 2. The Balaban J connectivity index is 2.26. The summed E-state index contributed by atoms with van der Waals surface area (Å²) in [5, 5.41) is 10.0. The molecule has 0 amide bonds. The van der Waals surface area contributed by atoms with Gasteiger partial charge >= 0.3 is 0 Å². The monoisotopic (exact) mass is 367 g/mol. The maximum Gasteiger partial charge on any atom is 0.243 e. The van der Waals surface area contributed by atoms with E-state index in [1.165, 1.54) is 16.4 Å². The minimum absolute atomic E-state index is 0.00511. The molecule has 7 heteroatoms. The summed E-state index contributed by atoms with van der Waals surface area (Å²) in [5.74, 6) is 0.00511. The van der Waals surface area contributed by atoms with Gasteiger partial charge in [-0.15, -0.1) is 0 Å². The van der Waals surface area contributed by atoms with Gasteiger partial charge in [-0.3, -0.25) is 0 Å². The van der Waals surface area contributed by atoms with E-state index in [0.29, 0.717) is 29.0 Å². The molecule has 0 saturated carbocycles. The van der Waals surface area contributed by atoms with Crippen LogP contribution in [0.25, 0.3) is 0 Å². The van der Waals surface area contributed by atoms with Crippen molar-refractivity contribution < 1.29 is 13.5 Å². The lowest BCUT2D eigenvalue weighted by Crippen LogP contribution is -2.30. The van der Waals surface area contributed by atoms with Crippen molar-refractivity contribution in [3.8, 4) is 0 Å². The van der Waals surface area contributed by atoms with Gasteiger partial charge < -0.3 is 5.11 Å². The van der Waals surface area contributed by atoms with Crippen LogP contribution >= 0.6 is 27.5 Å². The van der Waals surface area contributed by atoms with Crippen molar-refractivity contribution in [3.63, 3.8) is 0 Å². The molecule has 1 aliphatic rings. The highest BCUT2D eigenvalue weighted by Gasteiger charge is 2.34. The molecule has 2 rings (SSSR count). The van der Waals surface area contributed by atoms with E-state index in [2.05, 4.69) is 15.9 Å². The predicted molar refractivity (Wildman–Crippen MR) is 77.7 cm³/mol. The van der Waals surface area contributed by atoms with Gasteiger partial charge in [-0.25, -0.2) is 8.42 Å². The molecular weight excluding hydrogens is 354 g/mol. The molecular formula is C12H15BrClNO3S. The van der Waals surface area contributed by atoms with Crippen molar-refractivity contribution in [3.05, 3.63) is 27.7 Å². The molecule has 0 spiro atoms. The van der Waals surface area contributed by atoms with Crippen LogP contribution in [-0.4, -0.2) is 37.0 Å². The Morgan fingerprint density at radius 1 is 1.53 bits per heavy atom. The van der Waals surface area contributed by atoms with Crippen molar-refractivity contribution in [1.29, 1.82) is 0 Å². The fourth-order valence-corrected chi connectivity index (χ4v) is 4.34. The van der Waals surface area contributed by atoms with Crippen LogP contribution in [0.15, 0.2) is 27.6 Å². The molecule has 4 nitrogen and oxygen atoms in total. The van der Waals surface area contributed by atoms with Gasteiger partial charge in [0.25, 0.3) is 0 Å². The van der Waals surface area contributed by atoms with Gasteiger partial charge in [-0.2, -0.15) is 4.31 Å². The molecule has 1 N–H and O–H groups in total. The van der Waals surface area contributed by atoms with Gasteiger partial charge in [0.2, 0.25) is 10.0 Å². The second kappa shape index (κ2) is 5.69. The molecule has 1 aromatic rings. The first-order valence-electron chi connectivity index (χ1n) is 5.95. The highest BCUT2D eigenvalue weighted by atomic mass is 79.9. The molecule has 1 aromatic carbocycles. The van der Waals surface area contributed by atoms with Crippen molar-refractivity contribution >= 4 is 37.6 Å². The van der Waals surface area contributed by atoms with E-state index >= 15 is 0 Å². The third-order valence-corrected chi connectivity index (χ3v) is 6.47. The summed E-state index contributed by atoms with van der Waals surface area (Å²) >= 11 is 9.09. The van der Waals surface area contributed by atoms with Crippen molar-refractivity contribution in [2.45, 2.75) is 24.3 Å². The van der Waals surface area contributed by atoms with Crippen LogP contribution < -0.4 is 0 Å². The molecule has 1 heterocycles. The molecule has 19 heavy (non-hydrogen) atoms. The average molecular weight is 369 g/mol. The Kier molecular flexibility index (Phi) is 4.57. The Bertz CT molecular complexity index is 576. The smallest absolute Gasteiger partial charge is 0.243 e. The molecule has 0 aliphatic carbocycles. The summed E-state index contributed by atoms with van der Waals surface area (Å²) in [6.45, 7) is 2.50. The number of aliphatic hydroxyl groups excluding tert-OH is 1. The van der Waals surface area contributed by atoms with Gasteiger partial charge in [0, 0.05) is 17.6 Å². The quantitative estimate of drug-likeness (QED) is 0.892. The molecule has 0 bridgehead atoms. The van der Waals surface area contributed by atoms with Gasteiger partial charge in [-0.05, 0) is 53.4 Å². The number of sulfonamides is 1. The third-order valence-electron chi connectivity index (χ3n) is 3.40. The highest BCUT2D eigenvalue weighted by molar-refractivity contribution is 9.10. The molecule has 1 aliphatic heterocycles. The lowest BCUT2D eigenvalue weighted by atomic mass is 10.0. The summed E-state index contributed by atoms with van der Waals surface area (Å²) in [6, 6.07) is 4.56. The Morgan fingerprint density at radius 3 is 2.74 bits per heavy atom. The number of nitrogens with zero attached hydrogens (tertiary/aromatic N) is 1. The SMILES string of the molecule is CC(O)C1CCN(S(=O)(=O)c2ccc(Cl)c(Br)c2)C1. The van der Waals surface area contributed by atoms with Gasteiger partial charge in [0.1, 0.15) is 0 Å². The number of hydrogen-bond acceptors (Lipinski definition) is 3. The summed E-state index contributed by atoms with van der Waals surface area (Å²) in [6.07, 6.45) is 0.197. The molecule has 0 aromatic heterocycles.